The lowest BCUT2D eigenvalue weighted by Crippen LogP contribution is -2.64. The number of hydrogen-bond donors (Lipinski definition) is 2. The molecule has 1 heterocycles. The number of carbonyl (C=O) groups excluding carboxylic acids is 2. The lowest BCUT2D eigenvalue weighted by Gasteiger charge is -2.42. The van der Waals surface area contributed by atoms with Gasteiger partial charge in [-0.05, 0) is 32.2 Å². The Bertz CT molecular complexity index is 629. The predicted molar refractivity (Wildman–Crippen MR) is 88.7 cm³/mol. The van der Waals surface area contributed by atoms with Gasteiger partial charge in [0.15, 0.2) is 0 Å². The van der Waals surface area contributed by atoms with E-state index >= 15 is 0 Å². The Labute approximate surface area is 133 Å². The number of rotatable bonds is 3. The second-order valence-corrected chi connectivity index (χ2v) is 6.53. The van der Waals surface area contributed by atoms with Gasteiger partial charge in [0.2, 0.25) is 5.91 Å². The summed E-state index contributed by atoms with van der Waals surface area (Å²) in [5, 5.41) is 2.36. The number of thioether (sulfide) groups is 1. The van der Waals surface area contributed by atoms with Crippen LogP contribution in [0.1, 0.15) is 19.4 Å². The molecular formula is C14H17N3O2S2. The Hall–Kier alpha value is -1.60. The maximum atomic E-state index is 12.1. The molecular weight excluding hydrogens is 306 g/mol. The molecule has 2 amide bonds. The lowest BCUT2D eigenvalue weighted by atomic mass is 9.96. The summed E-state index contributed by atoms with van der Waals surface area (Å²) in [7, 11) is 0. The van der Waals surface area contributed by atoms with Gasteiger partial charge in [0.25, 0.3) is 5.91 Å². The third-order valence-corrected chi connectivity index (χ3v) is 4.53. The highest BCUT2D eigenvalue weighted by molar-refractivity contribution is 7.98. The Morgan fingerprint density at radius 2 is 2.10 bits per heavy atom. The summed E-state index contributed by atoms with van der Waals surface area (Å²) in [5.41, 5.74) is 6.42. The summed E-state index contributed by atoms with van der Waals surface area (Å²) in [5.74, 6) is -0.662. The normalized spacial score (nSPS) is 17.6. The van der Waals surface area contributed by atoms with Crippen molar-refractivity contribution in [3.05, 3.63) is 23.8 Å². The quantitative estimate of drug-likeness (QED) is 0.496. The van der Waals surface area contributed by atoms with Crippen molar-refractivity contribution in [3.8, 4) is 0 Å². The first-order valence-electron chi connectivity index (χ1n) is 6.37. The van der Waals surface area contributed by atoms with Crippen LogP contribution in [0.25, 0.3) is 0 Å². The first kappa shape index (κ1) is 15.8. The topological polar surface area (TPSA) is 75.4 Å². The van der Waals surface area contributed by atoms with Crippen LogP contribution in [0.3, 0.4) is 0 Å². The molecule has 0 saturated carbocycles. The zero-order valence-electron chi connectivity index (χ0n) is 12.1. The second kappa shape index (κ2) is 5.65. The number of carbonyl (C=O) groups is 2. The third kappa shape index (κ3) is 2.75. The zero-order chi connectivity index (χ0) is 15.8. The molecule has 3 N–H and O–H groups in total. The van der Waals surface area contributed by atoms with Crippen LogP contribution in [-0.2, 0) is 9.59 Å². The molecule has 5 nitrogen and oxygen atoms in total. The average molecular weight is 323 g/mol. The number of piperazine rings is 1. The monoisotopic (exact) mass is 323 g/mol. The van der Waals surface area contributed by atoms with E-state index in [1.54, 1.807) is 18.7 Å². The van der Waals surface area contributed by atoms with E-state index in [0.29, 0.717) is 11.3 Å². The van der Waals surface area contributed by atoms with Gasteiger partial charge in [-0.1, -0.05) is 18.3 Å². The van der Waals surface area contributed by atoms with E-state index in [0.717, 1.165) is 4.90 Å². The molecule has 21 heavy (non-hydrogen) atoms. The fraction of sp³-hybridized carbons (Fsp3) is 0.357. The van der Waals surface area contributed by atoms with Gasteiger partial charge in [-0.25, -0.2) is 0 Å². The molecule has 0 atom stereocenters. The largest absolute Gasteiger partial charge is 0.389 e. The standard InChI is InChI=1S/C14H17N3O2S2/c1-14(2)13(19)16-10(18)7-17(14)8-5-4-6-9(21-3)11(8)12(15)20/h4-6H,7H2,1-3H3,(H2,15,20)(H,16,18,19). The summed E-state index contributed by atoms with van der Waals surface area (Å²) in [6.07, 6.45) is 1.93. The molecule has 7 heteroatoms. The van der Waals surface area contributed by atoms with Crippen molar-refractivity contribution in [2.45, 2.75) is 24.3 Å². The van der Waals surface area contributed by atoms with Gasteiger partial charge in [0.05, 0.1) is 6.54 Å². The Morgan fingerprint density at radius 1 is 1.43 bits per heavy atom. The summed E-state index contributed by atoms with van der Waals surface area (Å²) < 4.78 is 0. The van der Waals surface area contributed by atoms with Crippen molar-refractivity contribution in [1.29, 1.82) is 0 Å². The van der Waals surface area contributed by atoms with Gasteiger partial charge in [-0.3, -0.25) is 14.9 Å². The number of nitrogens with zero attached hydrogens (tertiary/aromatic N) is 1. The van der Waals surface area contributed by atoms with Crippen LogP contribution in [0.5, 0.6) is 0 Å². The van der Waals surface area contributed by atoms with E-state index in [2.05, 4.69) is 5.32 Å². The van der Waals surface area contributed by atoms with Crippen LogP contribution in [0.2, 0.25) is 0 Å². The minimum Gasteiger partial charge on any atom is -0.389 e. The lowest BCUT2D eigenvalue weighted by molar-refractivity contribution is -0.135. The number of amides is 2. The Kier molecular flexibility index (Phi) is 4.25. The SMILES string of the molecule is CSc1cccc(N2CC(=O)NC(=O)C2(C)C)c1C(N)=S. The van der Waals surface area contributed by atoms with Crippen molar-refractivity contribution < 1.29 is 9.59 Å². The molecule has 0 unspecified atom stereocenters. The van der Waals surface area contributed by atoms with Crippen LogP contribution >= 0.6 is 24.0 Å². The van der Waals surface area contributed by atoms with Crippen LogP contribution in [0.15, 0.2) is 23.1 Å². The van der Waals surface area contributed by atoms with Gasteiger partial charge >= 0.3 is 0 Å². The second-order valence-electron chi connectivity index (χ2n) is 5.24. The fourth-order valence-corrected chi connectivity index (χ4v) is 3.24. The Balaban J connectivity index is 2.62. The number of nitrogens with two attached hydrogens (primary N) is 1. The molecule has 1 aliphatic heterocycles. The molecule has 0 bridgehead atoms. The molecule has 2 rings (SSSR count). The molecule has 1 aromatic rings. The van der Waals surface area contributed by atoms with Crippen molar-refractivity contribution in [3.63, 3.8) is 0 Å². The van der Waals surface area contributed by atoms with Gasteiger partial charge in [0, 0.05) is 16.1 Å². The van der Waals surface area contributed by atoms with E-state index < -0.39 is 5.54 Å². The number of hydrogen-bond acceptors (Lipinski definition) is 5. The molecule has 0 aromatic heterocycles. The van der Waals surface area contributed by atoms with Crippen LogP contribution in [0, 0.1) is 0 Å². The van der Waals surface area contributed by atoms with Crippen molar-refractivity contribution >= 4 is 46.5 Å². The third-order valence-electron chi connectivity index (χ3n) is 3.55. The summed E-state index contributed by atoms with van der Waals surface area (Å²) >= 11 is 6.68. The molecule has 112 valence electrons. The molecule has 1 saturated heterocycles. The van der Waals surface area contributed by atoms with E-state index in [1.807, 2.05) is 24.5 Å². The van der Waals surface area contributed by atoms with Crippen molar-refractivity contribution in [2.75, 3.05) is 17.7 Å². The van der Waals surface area contributed by atoms with Gasteiger partial charge < -0.3 is 10.6 Å². The molecule has 0 radical (unpaired) electrons. The molecule has 1 fully saturated rings. The molecule has 0 spiro atoms. The smallest absolute Gasteiger partial charge is 0.251 e. The van der Waals surface area contributed by atoms with Gasteiger partial charge in [-0.2, -0.15) is 0 Å². The highest BCUT2D eigenvalue weighted by Crippen LogP contribution is 2.34. The highest BCUT2D eigenvalue weighted by atomic mass is 32.2. The van der Waals surface area contributed by atoms with E-state index in [1.165, 1.54) is 11.8 Å². The first-order valence-corrected chi connectivity index (χ1v) is 8.01. The van der Waals surface area contributed by atoms with Crippen LogP contribution < -0.4 is 16.0 Å². The van der Waals surface area contributed by atoms with E-state index in [4.69, 9.17) is 18.0 Å². The summed E-state index contributed by atoms with van der Waals surface area (Å²) in [6.45, 7) is 3.62. The highest BCUT2D eigenvalue weighted by Gasteiger charge is 2.42. The maximum absolute atomic E-state index is 12.1. The van der Waals surface area contributed by atoms with Crippen LogP contribution in [0.4, 0.5) is 5.69 Å². The number of benzene rings is 1. The Morgan fingerprint density at radius 3 is 2.67 bits per heavy atom. The number of imide groups is 1. The maximum Gasteiger partial charge on any atom is 0.251 e. The number of thiocarbonyl (C=S) groups is 1. The summed E-state index contributed by atoms with van der Waals surface area (Å²) in [4.78, 5) is 26.8. The number of anilines is 1. The van der Waals surface area contributed by atoms with E-state index in [9.17, 15) is 9.59 Å². The predicted octanol–water partition coefficient (Wildman–Crippen LogP) is 1.28. The van der Waals surface area contributed by atoms with Crippen molar-refractivity contribution in [2.24, 2.45) is 5.73 Å². The van der Waals surface area contributed by atoms with E-state index in [-0.39, 0.29) is 23.3 Å². The zero-order valence-corrected chi connectivity index (χ0v) is 13.7. The minimum absolute atomic E-state index is 0.0895. The summed E-state index contributed by atoms with van der Waals surface area (Å²) in [6, 6.07) is 5.62. The molecule has 0 aliphatic carbocycles. The minimum atomic E-state index is -0.857. The first-order chi connectivity index (χ1) is 9.78. The van der Waals surface area contributed by atoms with Gasteiger partial charge in [-0.15, -0.1) is 11.8 Å². The van der Waals surface area contributed by atoms with Gasteiger partial charge in [0.1, 0.15) is 10.5 Å². The number of nitrogens with one attached hydrogen (secondary N) is 1. The fourth-order valence-electron chi connectivity index (χ4n) is 2.33. The van der Waals surface area contributed by atoms with Crippen LogP contribution in [-0.4, -0.2) is 35.1 Å². The average Bonchev–Trinajstić information content (AvgIpc) is 2.42. The molecule has 1 aliphatic rings. The van der Waals surface area contributed by atoms with Crippen molar-refractivity contribution in [1.82, 2.24) is 5.32 Å². The molecule has 1 aromatic carbocycles.